The van der Waals surface area contributed by atoms with Gasteiger partial charge in [0.1, 0.15) is 24.0 Å². The SMILES string of the molecule is CC#C[C@@]1(F)C(O)[C@@H](COP(=O)(N[C@@H](C)C(=O)OC(C)C)Oc2ccccc2)O[C@H]1n1ccc2c(=O)[nH]c(N)nc21. The molecule has 1 aliphatic rings. The first kappa shape index (κ1) is 30.2. The monoisotopic (exact) mass is 591 g/mol. The van der Waals surface area contributed by atoms with Crippen LogP contribution >= 0.6 is 7.75 Å². The molecule has 220 valence electrons. The van der Waals surface area contributed by atoms with Crippen LogP contribution in [0.15, 0.2) is 47.4 Å². The number of halogens is 1. The summed E-state index contributed by atoms with van der Waals surface area (Å²) in [5.74, 6) is 4.03. The van der Waals surface area contributed by atoms with Gasteiger partial charge in [-0.2, -0.15) is 10.1 Å². The zero-order chi connectivity index (χ0) is 29.9. The van der Waals surface area contributed by atoms with Crippen molar-refractivity contribution in [3.8, 4) is 17.6 Å². The third-order valence-corrected chi connectivity index (χ3v) is 7.69. The van der Waals surface area contributed by atoms with E-state index in [1.54, 1.807) is 32.0 Å². The van der Waals surface area contributed by atoms with Crippen LogP contribution in [0.5, 0.6) is 5.75 Å². The predicted molar refractivity (Wildman–Crippen MR) is 146 cm³/mol. The number of H-pyrrole nitrogens is 1. The summed E-state index contributed by atoms with van der Waals surface area (Å²) in [6.45, 7) is 5.47. The fraction of sp³-hybridized carbons (Fsp3) is 0.423. The lowest BCUT2D eigenvalue weighted by Crippen LogP contribution is -2.42. The van der Waals surface area contributed by atoms with Gasteiger partial charge in [0.15, 0.2) is 11.9 Å². The van der Waals surface area contributed by atoms with Crippen molar-refractivity contribution in [2.45, 2.75) is 63.9 Å². The van der Waals surface area contributed by atoms with Crippen LogP contribution in [-0.4, -0.2) is 62.2 Å². The normalized spacial score (nSPS) is 24.4. The van der Waals surface area contributed by atoms with Crippen molar-refractivity contribution in [2.75, 3.05) is 12.3 Å². The summed E-state index contributed by atoms with van der Waals surface area (Å²) in [6, 6.07) is 8.30. The molecule has 41 heavy (non-hydrogen) atoms. The standard InChI is InChI=1S/C26H31FN5O8P/c1-5-12-26(27)20(33)19(39-24(26)32-13-11-18-21(32)29-25(28)30-22(18)34)14-37-41(36,40-17-9-7-6-8-10-17)31-16(4)23(35)38-15(2)3/h6-11,13,15-16,19-20,24,33H,14H2,1-4H3,(H,31,36)(H3,28,29,30,34)/t16-,19+,20?,24+,26+,41?/m0/s1. The van der Waals surface area contributed by atoms with Crippen molar-refractivity contribution in [2.24, 2.45) is 0 Å². The highest BCUT2D eigenvalue weighted by molar-refractivity contribution is 7.52. The van der Waals surface area contributed by atoms with Crippen LogP contribution in [-0.2, 0) is 23.4 Å². The molecule has 6 atom stereocenters. The molecule has 3 heterocycles. The summed E-state index contributed by atoms with van der Waals surface area (Å²) in [7, 11) is -4.34. The highest BCUT2D eigenvalue weighted by Gasteiger charge is 2.58. The summed E-state index contributed by atoms with van der Waals surface area (Å²) in [5, 5.41) is 13.6. The average molecular weight is 592 g/mol. The number of nitrogen functional groups attached to an aromatic ring is 1. The molecule has 1 aromatic carbocycles. The topological polar surface area (TPSA) is 180 Å². The van der Waals surface area contributed by atoms with Gasteiger partial charge in [0.25, 0.3) is 5.56 Å². The third kappa shape index (κ3) is 6.45. The molecule has 1 fully saturated rings. The van der Waals surface area contributed by atoms with Gasteiger partial charge in [-0.3, -0.25) is 19.1 Å². The Morgan fingerprint density at radius 2 is 2.05 bits per heavy atom. The number of aliphatic hydroxyl groups excluding tert-OH is 1. The molecule has 2 aromatic heterocycles. The molecule has 4 rings (SSSR count). The fourth-order valence-electron chi connectivity index (χ4n) is 4.24. The molecule has 15 heteroatoms. The summed E-state index contributed by atoms with van der Waals surface area (Å²) in [5.41, 5.74) is 2.44. The number of nitrogens with one attached hydrogen (secondary N) is 2. The smallest absolute Gasteiger partial charge is 0.459 e. The van der Waals surface area contributed by atoms with Crippen molar-refractivity contribution < 1.29 is 37.4 Å². The van der Waals surface area contributed by atoms with E-state index in [9.17, 15) is 19.3 Å². The first-order valence-electron chi connectivity index (χ1n) is 12.7. The van der Waals surface area contributed by atoms with Crippen LogP contribution in [0.3, 0.4) is 0 Å². The van der Waals surface area contributed by atoms with E-state index in [1.165, 1.54) is 42.8 Å². The Morgan fingerprint density at radius 1 is 1.34 bits per heavy atom. The molecule has 0 spiro atoms. The van der Waals surface area contributed by atoms with Gasteiger partial charge in [0, 0.05) is 6.20 Å². The Morgan fingerprint density at radius 3 is 2.71 bits per heavy atom. The molecular formula is C26H31FN5O8P. The number of carbonyl (C=O) groups excluding carboxylic acids is 1. The Bertz CT molecular complexity index is 1570. The van der Waals surface area contributed by atoms with Crippen LogP contribution in [0.4, 0.5) is 10.3 Å². The molecule has 2 unspecified atom stereocenters. The van der Waals surface area contributed by atoms with Gasteiger partial charge in [-0.15, -0.1) is 5.92 Å². The van der Waals surface area contributed by atoms with Crippen molar-refractivity contribution in [1.82, 2.24) is 19.6 Å². The lowest BCUT2D eigenvalue weighted by Gasteiger charge is -2.25. The van der Waals surface area contributed by atoms with E-state index in [0.29, 0.717) is 0 Å². The van der Waals surface area contributed by atoms with E-state index >= 15 is 4.39 Å². The predicted octanol–water partition coefficient (Wildman–Crippen LogP) is 2.43. The highest BCUT2D eigenvalue weighted by atomic mass is 31.2. The number of nitrogens with zero attached hydrogens (tertiary/aromatic N) is 2. The zero-order valence-corrected chi connectivity index (χ0v) is 23.6. The molecule has 0 amide bonds. The number of esters is 1. The Kier molecular flexibility index (Phi) is 8.86. The van der Waals surface area contributed by atoms with E-state index in [1.807, 2.05) is 0 Å². The van der Waals surface area contributed by atoms with Gasteiger partial charge in [-0.05, 0) is 45.9 Å². The second-order valence-electron chi connectivity index (χ2n) is 9.56. The number of para-hydroxylation sites is 1. The van der Waals surface area contributed by atoms with Gasteiger partial charge in [-0.1, -0.05) is 24.1 Å². The lowest BCUT2D eigenvalue weighted by atomic mass is 9.96. The average Bonchev–Trinajstić information content (AvgIpc) is 3.42. The first-order valence-corrected chi connectivity index (χ1v) is 14.2. The van der Waals surface area contributed by atoms with E-state index in [2.05, 4.69) is 26.9 Å². The minimum absolute atomic E-state index is 0.00202. The van der Waals surface area contributed by atoms with Crippen molar-refractivity contribution in [3.05, 3.63) is 52.9 Å². The number of benzene rings is 1. The lowest BCUT2D eigenvalue weighted by molar-refractivity contribution is -0.149. The van der Waals surface area contributed by atoms with Gasteiger partial charge < -0.3 is 29.4 Å². The second-order valence-corrected chi connectivity index (χ2v) is 11.3. The van der Waals surface area contributed by atoms with Gasteiger partial charge in [0.05, 0.1) is 18.1 Å². The largest absolute Gasteiger partial charge is 0.462 e. The summed E-state index contributed by atoms with van der Waals surface area (Å²) in [4.78, 5) is 31.1. The first-order chi connectivity index (χ1) is 19.4. The molecule has 5 N–H and O–H groups in total. The molecule has 1 aliphatic heterocycles. The molecule has 0 radical (unpaired) electrons. The number of aromatic amines is 1. The van der Waals surface area contributed by atoms with Crippen LogP contribution in [0, 0.1) is 11.8 Å². The maximum atomic E-state index is 16.4. The maximum Gasteiger partial charge on any atom is 0.459 e. The quantitative estimate of drug-likeness (QED) is 0.155. The summed E-state index contributed by atoms with van der Waals surface area (Å²) < 4.78 is 53.6. The highest BCUT2D eigenvalue weighted by Crippen LogP contribution is 2.48. The van der Waals surface area contributed by atoms with E-state index in [0.717, 1.165) is 0 Å². The number of rotatable bonds is 10. The van der Waals surface area contributed by atoms with Crippen LogP contribution < -0.4 is 20.9 Å². The molecular weight excluding hydrogens is 560 g/mol. The van der Waals surface area contributed by atoms with Gasteiger partial charge in [-0.25, -0.2) is 8.96 Å². The number of hydrogen-bond acceptors (Lipinski definition) is 10. The minimum atomic E-state index is -4.34. The molecule has 13 nitrogen and oxygen atoms in total. The number of anilines is 1. The second kappa shape index (κ2) is 12.0. The van der Waals surface area contributed by atoms with Crippen molar-refractivity contribution >= 4 is 30.7 Å². The van der Waals surface area contributed by atoms with E-state index in [-0.39, 0.29) is 22.7 Å². The Hall–Kier alpha value is -3.73. The van der Waals surface area contributed by atoms with Crippen LogP contribution in [0.25, 0.3) is 11.0 Å². The fourth-order valence-corrected chi connectivity index (χ4v) is 5.74. The molecule has 0 saturated carbocycles. The van der Waals surface area contributed by atoms with Crippen molar-refractivity contribution in [1.29, 1.82) is 0 Å². The van der Waals surface area contributed by atoms with Crippen LogP contribution in [0.2, 0.25) is 0 Å². The number of hydrogen-bond donors (Lipinski definition) is 4. The molecule has 1 saturated heterocycles. The number of carbonyl (C=O) groups is 1. The van der Waals surface area contributed by atoms with Gasteiger partial charge in [0.2, 0.25) is 11.6 Å². The Labute approximate surface area is 234 Å². The van der Waals surface area contributed by atoms with Gasteiger partial charge >= 0.3 is 13.7 Å². The van der Waals surface area contributed by atoms with Crippen LogP contribution in [0.1, 0.15) is 33.9 Å². The number of aliphatic hydroxyl groups is 1. The number of fused-ring (bicyclic) bond motifs is 1. The maximum absolute atomic E-state index is 16.4. The van der Waals surface area contributed by atoms with E-state index in [4.69, 9.17) is 24.3 Å². The molecule has 0 aliphatic carbocycles. The Balaban J connectivity index is 1.62. The number of nitrogens with two attached hydrogens (primary N) is 1. The summed E-state index contributed by atoms with van der Waals surface area (Å²) in [6.07, 6.45) is -3.98. The number of aromatic nitrogens is 3. The number of ether oxygens (including phenoxy) is 2. The minimum Gasteiger partial charge on any atom is -0.462 e. The van der Waals surface area contributed by atoms with Crippen molar-refractivity contribution in [3.63, 3.8) is 0 Å². The van der Waals surface area contributed by atoms with E-state index < -0.39 is 62.1 Å². The third-order valence-electron chi connectivity index (χ3n) is 6.05. The molecule has 3 aromatic rings. The number of alkyl halides is 1. The summed E-state index contributed by atoms with van der Waals surface area (Å²) >= 11 is 0. The molecule has 0 bridgehead atoms. The zero-order valence-electron chi connectivity index (χ0n) is 22.7.